The average Bonchev–Trinajstić information content (AvgIpc) is 2.95. The van der Waals surface area contributed by atoms with Gasteiger partial charge >= 0.3 is 0 Å². The molecule has 0 bridgehead atoms. The van der Waals surface area contributed by atoms with Gasteiger partial charge in [-0.05, 0) is 18.6 Å². The molecular weight excluding hydrogens is 240 g/mol. The molecule has 0 amide bonds. The molecule has 98 valence electrons. The quantitative estimate of drug-likeness (QED) is 0.767. The normalized spacial score (nSPS) is 11.1. The highest BCUT2D eigenvalue weighted by Crippen LogP contribution is 2.07. The zero-order valence-electron chi connectivity index (χ0n) is 11.0. The number of hydrogen-bond acceptors (Lipinski definition) is 4. The summed E-state index contributed by atoms with van der Waals surface area (Å²) in [4.78, 5) is 8.69. The lowest BCUT2D eigenvalue weighted by Gasteiger charge is -2.01. The Labute approximate surface area is 111 Å². The zero-order valence-corrected chi connectivity index (χ0v) is 11.0. The highest BCUT2D eigenvalue weighted by Gasteiger charge is 2.04. The first kappa shape index (κ1) is 11.7. The van der Waals surface area contributed by atoms with E-state index in [1.165, 1.54) is 0 Å². The number of hydrogen-bond donors (Lipinski definition) is 1. The molecule has 3 heterocycles. The largest absolute Gasteiger partial charge is 0.352 e. The average molecular weight is 256 g/mol. The van der Waals surface area contributed by atoms with Crippen molar-refractivity contribution in [3.63, 3.8) is 0 Å². The number of nitrogens with one attached hydrogen (secondary N) is 1. The van der Waals surface area contributed by atoms with Gasteiger partial charge in [-0.1, -0.05) is 6.07 Å². The van der Waals surface area contributed by atoms with Crippen LogP contribution in [0.15, 0.2) is 30.7 Å². The van der Waals surface area contributed by atoms with Crippen LogP contribution >= 0.6 is 0 Å². The fraction of sp³-hybridized carbons (Fsp3) is 0.308. The minimum atomic E-state index is 0.653. The van der Waals surface area contributed by atoms with E-state index in [0.29, 0.717) is 5.95 Å². The SMILES string of the molecule is Cc1ccc2nc(NCCc3nccn3C)nn2c1. The third-order valence-electron chi connectivity index (χ3n) is 3.03. The molecule has 0 aromatic carbocycles. The summed E-state index contributed by atoms with van der Waals surface area (Å²) in [6.45, 7) is 2.80. The lowest BCUT2D eigenvalue weighted by Crippen LogP contribution is -2.09. The minimum absolute atomic E-state index is 0.653. The molecule has 3 aromatic rings. The Balaban J connectivity index is 1.67. The van der Waals surface area contributed by atoms with Crippen LogP contribution in [0.3, 0.4) is 0 Å². The van der Waals surface area contributed by atoms with Crippen molar-refractivity contribution in [2.75, 3.05) is 11.9 Å². The first-order chi connectivity index (χ1) is 9.22. The molecule has 19 heavy (non-hydrogen) atoms. The molecule has 1 N–H and O–H groups in total. The Hall–Kier alpha value is -2.37. The van der Waals surface area contributed by atoms with Gasteiger partial charge in [0.05, 0.1) is 0 Å². The summed E-state index contributed by atoms with van der Waals surface area (Å²) in [5, 5.41) is 7.60. The van der Waals surface area contributed by atoms with Crippen molar-refractivity contribution in [2.45, 2.75) is 13.3 Å². The maximum absolute atomic E-state index is 4.41. The number of aromatic nitrogens is 5. The molecule has 0 unspecified atom stereocenters. The summed E-state index contributed by atoms with van der Waals surface area (Å²) in [7, 11) is 1.99. The number of imidazole rings is 1. The summed E-state index contributed by atoms with van der Waals surface area (Å²) in [5.41, 5.74) is 2.02. The molecule has 0 atom stereocenters. The lowest BCUT2D eigenvalue weighted by molar-refractivity contribution is 0.786. The van der Waals surface area contributed by atoms with Crippen molar-refractivity contribution in [2.24, 2.45) is 7.05 Å². The van der Waals surface area contributed by atoms with Crippen LogP contribution in [0.25, 0.3) is 5.65 Å². The van der Waals surface area contributed by atoms with Gasteiger partial charge in [-0.3, -0.25) is 0 Å². The molecule has 3 rings (SSSR count). The molecule has 0 aliphatic rings. The van der Waals surface area contributed by atoms with E-state index < -0.39 is 0 Å². The molecule has 0 saturated heterocycles. The first-order valence-electron chi connectivity index (χ1n) is 6.25. The van der Waals surface area contributed by atoms with Crippen molar-refractivity contribution in [1.82, 2.24) is 24.1 Å². The molecule has 0 aliphatic carbocycles. The van der Waals surface area contributed by atoms with Gasteiger partial charge in [-0.25, -0.2) is 9.50 Å². The summed E-state index contributed by atoms with van der Waals surface area (Å²) in [5.74, 6) is 1.70. The topological polar surface area (TPSA) is 60.0 Å². The second-order valence-electron chi connectivity index (χ2n) is 4.58. The van der Waals surface area contributed by atoms with Crippen molar-refractivity contribution in [3.8, 4) is 0 Å². The van der Waals surface area contributed by atoms with Gasteiger partial charge in [0.2, 0.25) is 5.95 Å². The number of fused-ring (bicyclic) bond motifs is 1. The third kappa shape index (κ3) is 2.42. The first-order valence-corrected chi connectivity index (χ1v) is 6.25. The Kier molecular flexibility index (Phi) is 2.91. The van der Waals surface area contributed by atoms with Crippen LogP contribution in [0.2, 0.25) is 0 Å². The molecule has 0 fully saturated rings. The smallest absolute Gasteiger partial charge is 0.243 e. The van der Waals surface area contributed by atoms with Gasteiger partial charge in [-0.15, -0.1) is 5.10 Å². The van der Waals surface area contributed by atoms with Gasteiger partial charge in [0.25, 0.3) is 0 Å². The second kappa shape index (κ2) is 4.72. The monoisotopic (exact) mass is 256 g/mol. The molecule has 6 heteroatoms. The number of aryl methyl sites for hydroxylation is 2. The van der Waals surface area contributed by atoms with Gasteiger partial charge in [0.15, 0.2) is 5.65 Å². The van der Waals surface area contributed by atoms with E-state index in [2.05, 4.69) is 20.4 Å². The maximum Gasteiger partial charge on any atom is 0.243 e. The molecule has 0 radical (unpaired) electrons. The van der Waals surface area contributed by atoms with E-state index in [0.717, 1.165) is 30.0 Å². The second-order valence-corrected chi connectivity index (χ2v) is 4.58. The van der Waals surface area contributed by atoms with E-state index in [4.69, 9.17) is 0 Å². The van der Waals surface area contributed by atoms with E-state index in [1.807, 2.05) is 43.1 Å². The third-order valence-corrected chi connectivity index (χ3v) is 3.03. The molecule has 0 saturated carbocycles. The maximum atomic E-state index is 4.41. The zero-order chi connectivity index (χ0) is 13.2. The lowest BCUT2D eigenvalue weighted by atomic mass is 10.3. The molecular formula is C13H16N6. The van der Waals surface area contributed by atoms with Crippen LogP contribution < -0.4 is 5.32 Å². The van der Waals surface area contributed by atoms with E-state index in [9.17, 15) is 0 Å². The van der Waals surface area contributed by atoms with Crippen molar-refractivity contribution >= 4 is 11.6 Å². The summed E-state index contributed by atoms with van der Waals surface area (Å²) in [6, 6.07) is 3.99. The Morgan fingerprint density at radius 3 is 3.00 bits per heavy atom. The van der Waals surface area contributed by atoms with E-state index >= 15 is 0 Å². The summed E-state index contributed by atoms with van der Waals surface area (Å²) < 4.78 is 3.81. The van der Waals surface area contributed by atoms with Crippen LogP contribution in [0.1, 0.15) is 11.4 Å². The Bertz CT molecular complexity index is 696. The number of nitrogens with zero attached hydrogens (tertiary/aromatic N) is 5. The van der Waals surface area contributed by atoms with Crippen molar-refractivity contribution in [3.05, 3.63) is 42.1 Å². The van der Waals surface area contributed by atoms with Crippen LogP contribution in [0, 0.1) is 6.92 Å². The minimum Gasteiger partial charge on any atom is -0.352 e. The predicted octanol–water partition coefficient (Wildman–Crippen LogP) is 1.43. The van der Waals surface area contributed by atoms with Gasteiger partial charge in [0, 0.05) is 38.6 Å². The number of pyridine rings is 1. The molecule has 6 nitrogen and oxygen atoms in total. The van der Waals surface area contributed by atoms with Gasteiger partial charge < -0.3 is 9.88 Å². The standard InChI is InChI=1S/C13H16N6/c1-10-3-4-12-16-13(17-19(12)9-10)15-6-5-11-14-7-8-18(11)2/h3-4,7-9H,5-6H2,1-2H3,(H,15,17). The Morgan fingerprint density at radius 2 is 2.21 bits per heavy atom. The van der Waals surface area contributed by atoms with E-state index in [-0.39, 0.29) is 0 Å². The summed E-state index contributed by atoms with van der Waals surface area (Å²) in [6.07, 6.45) is 6.56. The predicted molar refractivity (Wildman–Crippen MR) is 73.1 cm³/mol. The highest BCUT2D eigenvalue weighted by atomic mass is 15.3. The number of anilines is 1. The van der Waals surface area contributed by atoms with Crippen LogP contribution in [-0.2, 0) is 13.5 Å². The highest BCUT2D eigenvalue weighted by molar-refractivity contribution is 5.44. The summed E-state index contributed by atoms with van der Waals surface area (Å²) >= 11 is 0. The van der Waals surface area contributed by atoms with Crippen LogP contribution in [-0.4, -0.2) is 30.7 Å². The van der Waals surface area contributed by atoms with Crippen LogP contribution in [0.4, 0.5) is 5.95 Å². The van der Waals surface area contributed by atoms with Gasteiger partial charge in [0.1, 0.15) is 5.82 Å². The van der Waals surface area contributed by atoms with Crippen molar-refractivity contribution < 1.29 is 0 Å². The fourth-order valence-corrected chi connectivity index (χ4v) is 1.98. The van der Waals surface area contributed by atoms with Gasteiger partial charge in [-0.2, -0.15) is 4.98 Å². The number of rotatable bonds is 4. The van der Waals surface area contributed by atoms with Crippen molar-refractivity contribution in [1.29, 1.82) is 0 Å². The molecule has 0 aliphatic heterocycles. The molecule has 0 spiro atoms. The fourth-order valence-electron chi connectivity index (χ4n) is 1.98. The molecule has 3 aromatic heterocycles. The van der Waals surface area contributed by atoms with Crippen LogP contribution in [0.5, 0.6) is 0 Å². The van der Waals surface area contributed by atoms with E-state index in [1.54, 1.807) is 10.7 Å². The Morgan fingerprint density at radius 1 is 1.32 bits per heavy atom.